The smallest absolute Gasteiger partial charge is 0.399 e. The lowest BCUT2D eigenvalue weighted by Crippen LogP contribution is -2.22. The monoisotopic (exact) mass is 436 g/mol. The van der Waals surface area contributed by atoms with E-state index in [2.05, 4.69) is 10.4 Å². The Morgan fingerprint density at radius 3 is 2.48 bits per heavy atom. The number of carbonyl (C=O) groups is 1. The molecular formula is C22H17ClN4O4. The molecule has 1 N–H and O–H groups in total. The van der Waals surface area contributed by atoms with Crippen molar-refractivity contribution in [3.05, 3.63) is 87.4 Å². The topological polar surface area (TPSA) is 103 Å². The zero-order valence-electron chi connectivity index (χ0n) is 16.4. The average molecular weight is 437 g/mol. The minimum atomic E-state index is -0.628. The van der Waals surface area contributed by atoms with Gasteiger partial charge in [0.1, 0.15) is 10.6 Å². The Morgan fingerprint density at radius 1 is 1.13 bits per heavy atom. The highest BCUT2D eigenvalue weighted by molar-refractivity contribution is 6.30. The molecule has 2 aromatic carbocycles. The van der Waals surface area contributed by atoms with Crippen LogP contribution in [0.1, 0.15) is 10.4 Å². The summed E-state index contributed by atoms with van der Waals surface area (Å²) >= 11 is 5.99. The summed E-state index contributed by atoms with van der Waals surface area (Å²) < 4.78 is 6.51. The highest BCUT2D eigenvalue weighted by Gasteiger charge is 2.20. The van der Waals surface area contributed by atoms with Crippen molar-refractivity contribution in [2.45, 2.75) is 6.92 Å². The van der Waals surface area contributed by atoms with Gasteiger partial charge in [0.2, 0.25) is 0 Å². The van der Waals surface area contributed by atoms with E-state index in [9.17, 15) is 14.9 Å². The van der Waals surface area contributed by atoms with Crippen LogP contribution in [-0.2, 0) is 0 Å². The first-order chi connectivity index (χ1) is 14.9. The number of nitrogens with zero attached hydrogens (tertiary/aromatic N) is 3. The van der Waals surface area contributed by atoms with Gasteiger partial charge in [-0.3, -0.25) is 14.9 Å². The first kappa shape index (κ1) is 20.4. The van der Waals surface area contributed by atoms with E-state index in [1.807, 2.05) is 31.2 Å². The standard InChI is InChI=1S/C22H17ClN4O4/c1-14-2-8-17(9-3-14)24-13-21(28)26-19(15-4-6-16(23)7-5-15)12-18(25-26)20-10-11-22(31-20)27(29)30/h2-12,24H,13H2,1H3. The Balaban J connectivity index is 1.67. The molecule has 2 aromatic heterocycles. The molecule has 0 spiro atoms. The van der Waals surface area contributed by atoms with E-state index in [0.29, 0.717) is 22.0 Å². The number of anilines is 1. The van der Waals surface area contributed by atoms with E-state index in [1.54, 1.807) is 30.3 Å². The Bertz CT molecular complexity index is 1240. The van der Waals surface area contributed by atoms with Crippen molar-refractivity contribution >= 4 is 29.1 Å². The largest absolute Gasteiger partial charge is 0.433 e. The number of halogens is 1. The molecule has 0 amide bonds. The molecule has 0 fully saturated rings. The van der Waals surface area contributed by atoms with Crippen molar-refractivity contribution in [3.8, 4) is 22.7 Å². The number of carbonyl (C=O) groups excluding carboxylic acids is 1. The minimum Gasteiger partial charge on any atom is -0.399 e. The van der Waals surface area contributed by atoms with Crippen LogP contribution in [0.5, 0.6) is 0 Å². The van der Waals surface area contributed by atoms with Crippen LogP contribution in [0.2, 0.25) is 5.02 Å². The minimum absolute atomic E-state index is 0.00305. The van der Waals surface area contributed by atoms with Crippen molar-refractivity contribution in [2.75, 3.05) is 11.9 Å². The first-order valence-corrected chi connectivity index (χ1v) is 9.73. The molecule has 0 atom stereocenters. The Morgan fingerprint density at radius 2 is 1.84 bits per heavy atom. The van der Waals surface area contributed by atoms with Gasteiger partial charge in [0.25, 0.3) is 5.91 Å². The van der Waals surface area contributed by atoms with E-state index >= 15 is 0 Å². The lowest BCUT2D eigenvalue weighted by Gasteiger charge is -2.09. The van der Waals surface area contributed by atoms with Crippen LogP contribution in [0.3, 0.4) is 0 Å². The predicted octanol–water partition coefficient (Wildman–Crippen LogP) is 5.43. The zero-order chi connectivity index (χ0) is 22.0. The summed E-state index contributed by atoms with van der Waals surface area (Å²) in [6, 6.07) is 19.0. The maximum absolute atomic E-state index is 13.0. The second-order valence-electron chi connectivity index (χ2n) is 6.84. The predicted molar refractivity (Wildman–Crippen MR) is 117 cm³/mol. The van der Waals surface area contributed by atoms with Gasteiger partial charge in [-0.1, -0.05) is 41.4 Å². The number of furan rings is 1. The third-order valence-corrected chi connectivity index (χ3v) is 4.86. The maximum atomic E-state index is 13.0. The number of benzene rings is 2. The number of aryl methyl sites for hydroxylation is 1. The molecule has 0 bridgehead atoms. The van der Waals surface area contributed by atoms with Crippen molar-refractivity contribution in [1.82, 2.24) is 9.78 Å². The number of rotatable bonds is 6. The Hall–Kier alpha value is -3.91. The fourth-order valence-corrected chi connectivity index (χ4v) is 3.13. The van der Waals surface area contributed by atoms with Crippen LogP contribution in [0.4, 0.5) is 11.6 Å². The number of aromatic nitrogens is 2. The van der Waals surface area contributed by atoms with Crippen molar-refractivity contribution in [2.24, 2.45) is 0 Å². The molecule has 4 rings (SSSR count). The lowest BCUT2D eigenvalue weighted by atomic mass is 10.1. The molecule has 8 nitrogen and oxygen atoms in total. The molecule has 0 saturated carbocycles. The maximum Gasteiger partial charge on any atom is 0.433 e. The van der Waals surface area contributed by atoms with Gasteiger partial charge in [-0.15, -0.1) is 0 Å². The number of nitro groups is 1. The van der Waals surface area contributed by atoms with Gasteiger partial charge < -0.3 is 9.73 Å². The van der Waals surface area contributed by atoms with Crippen LogP contribution in [0.25, 0.3) is 22.7 Å². The molecule has 156 valence electrons. The third-order valence-electron chi connectivity index (χ3n) is 4.61. The van der Waals surface area contributed by atoms with Crippen LogP contribution >= 0.6 is 11.6 Å². The Labute approximate surface area is 182 Å². The molecule has 0 aliphatic rings. The molecule has 9 heteroatoms. The highest BCUT2D eigenvalue weighted by atomic mass is 35.5. The molecule has 0 radical (unpaired) electrons. The van der Waals surface area contributed by atoms with Gasteiger partial charge in [0.05, 0.1) is 18.3 Å². The number of hydrogen-bond acceptors (Lipinski definition) is 6. The summed E-state index contributed by atoms with van der Waals surface area (Å²) in [6.07, 6.45) is 0. The van der Waals surface area contributed by atoms with Crippen molar-refractivity contribution in [3.63, 3.8) is 0 Å². The highest BCUT2D eigenvalue weighted by Crippen LogP contribution is 2.30. The molecule has 0 unspecified atom stereocenters. The lowest BCUT2D eigenvalue weighted by molar-refractivity contribution is -0.401. The number of nitrogens with one attached hydrogen (secondary N) is 1. The molecule has 31 heavy (non-hydrogen) atoms. The van der Waals surface area contributed by atoms with Gasteiger partial charge in [-0.25, -0.2) is 0 Å². The van der Waals surface area contributed by atoms with Gasteiger partial charge in [0, 0.05) is 16.3 Å². The molecule has 0 aliphatic heterocycles. The third kappa shape index (κ3) is 4.49. The second-order valence-corrected chi connectivity index (χ2v) is 7.28. The van der Waals surface area contributed by atoms with E-state index in [1.165, 1.54) is 16.8 Å². The second kappa shape index (κ2) is 8.45. The molecule has 2 heterocycles. The molecule has 0 saturated heterocycles. The van der Waals surface area contributed by atoms with Crippen molar-refractivity contribution < 1.29 is 14.1 Å². The van der Waals surface area contributed by atoms with E-state index in [0.717, 1.165) is 11.3 Å². The van der Waals surface area contributed by atoms with Crippen LogP contribution in [-0.4, -0.2) is 27.2 Å². The first-order valence-electron chi connectivity index (χ1n) is 9.35. The van der Waals surface area contributed by atoms with Gasteiger partial charge in [0.15, 0.2) is 5.76 Å². The summed E-state index contributed by atoms with van der Waals surface area (Å²) in [5.41, 5.74) is 3.46. The Kier molecular flexibility index (Phi) is 5.55. The normalized spacial score (nSPS) is 10.8. The summed E-state index contributed by atoms with van der Waals surface area (Å²) in [6.45, 7) is 1.99. The fraction of sp³-hybridized carbons (Fsp3) is 0.0909. The van der Waals surface area contributed by atoms with Crippen LogP contribution in [0, 0.1) is 17.0 Å². The van der Waals surface area contributed by atoms with E-state index in [4.69, 9.17) is 16.0 Å². The fourth-order valence-electron chi connectivity index (χ4n) is 3.01. The summed E-state index contributed by atoms with van der Waals surface area (Å²) in [4.78, 5) is 23.3. The van der Waals surface area contributed by atoms with E-state index < -0.39 is 10.8 Å². The van der Waals surface area contributed by atoms with Gasteiger partial charge in [-0.2, -0.15) is 9.78 Å². The average Bonchev–Trinajstić information content (AvgIpc) is 3.41. The van der Waals surface area contributed by atoms with E-state index in [-0.39, 0.29) is 18.2 Å². The quantitative estimate of drug-likeness (QED) is 0.319. The summed E-state index contributed by atoms with van der Waals surface area (Å²) in [5, 5.41) is 18.9. The summed E-state index contributed by atoms with van der Waals surface area (Å²) in [7, 11) is 0. The molecule has 4 aromatic rings. The molecular weight excluding hydrogens is 420 g/mol. The van der Waals surface area contributed by atoms with Crippen LogP contribution < -0.4 is 5.32 Å². The number of hydrogen-bond donors (Lipinski definition) is 1. The van der Waals surface area contributed by atoms with Crippen LogP contribution in [0.15, 0.2) is 71.1 Å². The summed E-state index contributed by atoms with van der Waals surface area (Å²) in [5.74, 6) is -0.511. The zero-order valence-corrected chi connectivity index (χ0v) is 17.2. The van der Waals surface area contributed by atoms with Gasteiger partial charge >= 0.3 is 5.88 Å². The molecule has 0 aliphatic carbocycles. The van der Waals surface area contributed by atoms with Crippen molar-refractivity contribution in [1.29, 1.82) is 0 Å². The SMILES string of the molecule is Cc1ccc(NCC(=O)n2nc(-c3ccc([N+](=O)[O-])o3)cc2-c2ccc(Cl)cc2)cc1. The van der Waals surface area contributed by atoms with Gasteiger partial charge in [-0.05, 0) is 43.3 Å².